The highest BCUT2D eigenvalue weighted by Crippen LogP contribution is 2.26. The third-order valence-corrected chi connectivity index (χ3v) is 4.08. The second-order valence-electron chi connectivity index (χ2n) is 2.24. The van der Waals surface area contributed by atoms with Gasteiger partial charge in [0.05, 0.1) is 15.9 Å². The first-order valence-electron chi connectivity index (χ1n) is 3.44. The average Bonchev–Trinajstić information content (AvgIpc) is 2.75. The average molecular weight is 260 g/mol. The second kappa shape index (κ2) is 3.68. The molecule has 1 nitrogen and oxygen atoms in total. The molecule has 2 heterocycles. The normalized spacial score (nSPS) is 10.4. The summed E-state index contributed by atoms with van der Waals surface area (Å²) in [6.07, 6.45) is 0. The molecular weight excluding hydrogens is 254 g/mol. The Hall–Kier alpha value is -0.190. The van der Waals surface area contributed by atoms with E-state index in [0.29, 0.717) is 0 Å². The minimum Gasteiger partial charge on any atom is -0.239 e. The fourth-order valence-corrected chi connectivity index (χ4v) is 2.83. The van der Waals surface area contributed by atoms with Crippen LogP contribution in [0.5, 0.6) is 0 Å². The van der Waals surface area contributed by atoms with Crippen molar-refractivity contribution < 1.29 is 0 Å². The van der Waals surface area contributed by atoms with Gasteiger partial charge in [0, 0.05) is 5.38 Å². The monoisotopic (exact) mass is 259 g/mol. The van der Waals surface area contributed by atoms with Gasteiger partial charge in [0.2, 0.25) is 0 Å². The molecule has 2 aromatic rings. The van der Waals surface area contributed by atoms with Crippen molar-refractivity contribution in [1.29, 1.82) is 0 Å². The number of aromatic nitrogens is 1. The van der Waals surface area contributed by atoms with Crippen molar-refractivity contribution in [2.75, 3.05) is 0 Å². The lowest BCUT2D eigenvalue weighted by Gasteiger charge is -1.86. The molecule has 0 amide bonds. The largest absolute Gasteiger partial charge is 0.239 e. The van der Waals surface area contributed by atoms with Crippen molar-refractivity contribution in [3.05, 3.63) is 27.9 Å². The van der Waals surface area contributed by atoms with Crippen molar-refractivity contribution in [2.24, 2.45) is 0 Å². The maximum Gasteiger partial charge on any atom is 0.104 e. The summed E-state index contributed by atoms with van der Waals surface area (Å²) in [5, 5.41) is 6.16. The molecule has 0 saturated carbocycles. The Morgan fingerprint density at radius 1 is 1.42 bits per heavy atom. The number of thiophene rings is 1. The van der Waals surface area contributed by atoms with Crippen LogP contribution in [0.25, 0.3) is 10.6 Å². The molecule has 2 rings (SSSR count). The Labute approximate surface area is 87.2 Å². The zero-order chi connectivity index (χ0) is 8.39. The number of rotatable bonds is 2. The minimum atomic E-state index is 0.850. The molecule has 12 heavy (non-hydrogen) atoms. The van der Waals surface area contributed by atoms with Crippen molar-refractivity contribution >= 4 is 38.6 Å². The zero-order valence-electron chi connectivity index (χ0n) is 6.16. The highest BCUT2D eigenvalue weighted by molar-refractivity contribution is 9.08. The number of thiazole rings is 1. The van der Waals surface area contributed by atoms with Gasteiger partial charge in [-0.15, -0.1) is 22.7 Å². The van der Waals surface area contributed by atoms with E-state index in [9.17, 15) is 0 Å². The van der Waals surface area contributed by atoms with Gasteiger partial charge >= 0.3 is 0 Å². The van der Waals surface area contributed by atoms with Crippen molar-refractivity contribution in [2.45, 2.75) is 5.33 Å². The van der Waals surface area contributed by atoms with Crippen LogP contribution in [0.1, 0.15) is 5.01 Å². The van der Waals surface area contributed by atoms with Gasteiger partial charge in [0.25, 0.3) is 0 Å². The molecule has 0 aliphatic heterocycles. The summed E-state index contributed by atoms with van der Waals surface area (Å²) in [7, 11) is 0. The van der Waals surface area contributed by atoms with Gasteiger partial charge in [-0.3, -0.25) is 0 Å². The third-order valence-electron chi connectivity index (χ3n) is 1.44. The molecule has 0 N–H and O–H groups in total. The SMILES string of the molecule is BrCc1nc(-c2cccs2)cs1. The Morgan fingerprint density at radius 3 is 2.92 bits per heavy atom. The van der Waals surface area contributed by atoms with Crippen LogP contribution in [0.4, 0.5) is 0 Å². The Morgan fingerprint density at radius 2 is 2.33 bits per heavy atom. The van der Waals surface area contributed by atoms with E-state index in [0.717, 1.165) is 16.0 Å². The van der Waals surface area contributed by atoms with Crippen LogP contribution in [0, 0.1) is 0 Å². The molecule has 0 radical (unpaired) electrons. The molecule has 0 aliphatic rings. The van der Waals surface area contributed by atoms with Gasteiger partial charge in [-0.1, -0.05) is 22.0 Å². The summed E-state index contributed by atoms with van der Waals surface area (Å²) in [6.45, 7) is 0. The smallest absolute Gasteiger partial charge is 0.104 e. The summed E-state index contributed by atoms with van der Waals surface area (Å²) in [5.74, 6) is 0. The predicted molar refractivity (Wildman–Crippen MR) is 58.1 cm³/mol. The summed E-state index contributed by atoms with van der Waals surface area (Å²) in [4.78, 5) is 5.70. The molecular formula is C8H6BrNS2. The van der Waals surface area contributed by atoms with Gasteiger partial charge in [0.15, 0.2) is 0 Å². The number of hydrogen-bond donors (Lipinski definition) is 0. The van der Waals surface area contributed by atoms with E-state index in [4.69, 9.17) is 0 Å². The molecule has 0 aromatic carbocycles. The first-order chi connectivity index (χ1) is 5.90. The van der Waals surface area contributed by atoms with Crippen LogP contribution in [-0.4, -0.2) is 4.98 Å². The molecule has 62 valence electrons. The van der Waals surface area contributed by atoms with Gasteiger partial charge in [-0.05, 0) is 11.4 Å². The van der Waals surface area contributed by atoms with E-state index < -0.39 is 0 Å². The Bertz CT molecular complexity index is 353. The fraction of sp³-hybridized carbons (Fsp3) is 0.125. The van der Waals surface area contributed by atoms with Crippen LogP contribution >= 0.6 is 38.6 Å². The number of alkyl halides is 1. The van der Waals surface area contributed by atoms with E-state index in [-0.39, 0.29) is 0 Å². The minimum absolute atomic E-state index is 0.850. The lowest BCUT2D eigenvalue weighted by atomic mass is 10.4. The number of hydrogen-bond acceptors (Lipinski definition) is 3. The maximum atomic E-state index is 4.45. The number of nitrogens with zero attached hydrogens (tertiary/aromatic N) is 1. The van der Waals surface area contributed by atoms with Crippen LogP contribution in [0.2, 0.25) is 0 Å². The highest BCUT2D eigenvalue weighted by Gasteiger charge is 2.03. The Balaban J connectivity index is 2.35. The van der Waals surface area contributed by atoms with Gasteiger partial charge < -0.3 is 0 Å². The van der Waals surface area contributed by atoms with E-state index >= 15 is 0 Å². The van der Waals surface area contributed by atoms with Crippen LogP contribution in [-0.2, 0) is 5.33 Å². The summed E-state index contributed by atoms with van der Waals surface area (Å²) in [5.41, 5.74) is 1.10. The van der Waals surface area contributed by atoms with Gasteiger partial charge in [-0.25, -0.2) is 4.98 Å². The molecule has 0 aliphatic carbocycles. The van der Waals surface area contributed by atoms with Crippen molar-refractivity contribution in [1.82, 2.24) is 4.98 Å². The number of halogens is 1. The predicted octanol–water partition coefficient (Wildman–Crippen LogP) is 3.77. The van der Waals surface area contributed by atoms with E-state index in [1.807, 2.05) is 6.07 Å². The molecule has 0 bridgehead atoms. The molecule has 0 atom stereocenters. The van der Waals surface area contributed by atoms with Crippen LogP contribution in [0.15, 0.2) is 22.9 Å². The van der Waals surface area contributed by atoms with E-state index in [2.05, 4.69) is 37.7 Å². The van der Waals surface area contributed by atoms with Crippen molar-refractivity contribution in [3.63, 3.8) is 0 Å². The van der Waals surface area contributed by atoms with Crippen LogP contribution < -0.4 is 0 Å². The highest BCUT2D eigenvalue weighted by atomic mass is 79.9. The lowest BCUT2D eigenvalue weighted by molar-refractivity contribution is 1.29. The molecule has 0 saturated heterocycles. The Kier molecular flexibility index (Phi) is 2.58. The molecule has 2 aromatic heterocycles. The van der Waals surface area contributed by atoms with Gasteiger partial charge in [0.1, 0.15) is 5.01 Å². The van der Waals surface area contributed by atoms with Crippen LogP contribution in [0.3, 0.4) is 0 Å². The first kappa shape index (κ1) is 8.41. The van der Waals surface area contributed by atoms with E-state index in [1.54, 1.807) is 22.7 Å². The molecule has 0 unspecified atom stereocenters. The van der Waals surface area contributed by atoms with Crippen molar-refractivity contribution in [3.8, 4) is 10.6 Å². The van der Waals surface area contributed by atoms with E-state index in [1.165, 1.54) is 4.88 Å². The molecule has 4 heteroatoms. The summed E-state index contributed by atoms with van der Waals surface area (Å²) in [6, 6.07) is 4.14. The zero-order valence-corrected chi connectivity index (χ0v) is 9.38. The summed E-state index contributed by atoms with van der Waals surface area (Å²) >= 11 is 6.81. The second-order valence-corrected chi connectivity index (χ2v) is 4.69. The molecule has 0 spiro atoms. The fourth-order valence-electron chi connectivity index (χ4n) is 0.910. The third kappa shape index (κ3) is 1.60. The quantitative estimate of drug-likeness (QED) is 0.749. The first-order valence-corrected chi connectivity index (χ1v) is 6.32. The van der Waals surface area contributed by atoms with Gasteiger partial charge in [-0.2, -0.15) is 0 Å². The topological polar surface area (TPSA) is 12.9 Å². The standard InChI is InChI=1S/C8H6BrNS2/c9-4-8-10-6(5-12-8)7-2-1-3-11-7/h1-3,5H,4H2. The lowest BCUT2D eigenvalue weighted by Crippen LogP contribution is -1.74. The summed E-state index contributed by atoms with van der Waals surface area (Å²) < 4.78 is 0. The molecule has 0 fully saturated rings. The maximum absolute atomic E-state index is 4.45.